The molecule has 0 saturated carbocycles. The highest BCUT2D eigenvalue weighted by Crippen LogP contribution is 2.21. The lowest BCUT2D eigenvalue weighted by Gasteiger charge is -2.10. The molecule has 120 valence electrons. The minimum absolute atomic E-state index is 0.149. The molecule has 0 aliphatic rings. The van der Waals surface area contributed by atoms with Crippen LogP contribution in [-0.4, -0.2) is 20.7 Å². The zero-order valence-corrected chi connectivity index (χ0v) is 13.5. The smallest absolute Gasteiger partial charge is 0.225 e. The van der Waals surface area contributed by atoms with Gasteiger partial charge < -0.3 is 5.32 Å². The van der Waals surface area contributed by atoms with Crippen molar-refractivity contribution in [2.75, 3.05) is 5.32 Å². The average Bonchev–Trinajstić information content (AvgIpc) is 2.96. The number of benzene rings is 1. The molecule has 1 aromatic carbocycles. The lowest BCUT2D eigenvalue weighted by molar-refractivity contribution is -0.116. The highest BCUT2D eigenvalue weighted by atomic mass is 16.1. The predicted octanol–water partition coefficient (Wildman–Crippen LogP) is 3.28. The van der Waals surface area contributed by atoms with Gasteiger partial charge in [0.05, 0.1) is 11.7 Å². The fourth-order valence-electron chi connectivity index (χ4n) is 2.45. The van der Waals surface area contributed by atoms with E-state index in [1.54, 1.807) is 0 Å². The third-order valence-corrected chi connectivity index (χ3v) is 3.54. The minimum atomic E-state index is -0.149. The topological polar surface area (TPSA) is 83.6 Å². The van der Waals surface area contributed by atoms with Gasteiger partial charge in [0.15, 0.2) is 11.6 Å². The lowest BCUT2D eigenvalue weighted by Crippen LogP contribution is -2.17. The van der Waals surface area contributed by atoms with E-state index < -0.39 is 0 Å². The maximum absolute atomic E-state index is 12.1. The molecular formula is C18H17N5O. The van der Waals surface area contributed by atoms with Gasteiger partial charge in [0, 0.05) is 11.8 Å². The number of fused-ring (bicyclic) bond motifs is 1. The summed E-state index contributed by atoms with van der Waals surface area (Å²) in [6, 6.07) is 13.5. The Bertz CT molecular complexity index is 936. The fourth-order valence-corrected chi connectivity index (χ4v) is 2.45. The van der Waals surface area contributed by atoms with E-state index in [1.165, 1.54) is 10.9 Å². The largest absolute Gasteiger partial charge is 0.309 e. The van der Waals surface area contributed by atoms with E-state index in [1.807, 2.05) is 50.2 Å². The second-order valence-corrected chi connectivity index (χ2v) is 5.94. The van der Waals surface area contributed by atoms with Crippen LogP contribution in [0.25, 0.3) is 16.7 Å². The molecule has 0 aliphatic heterocycles. The number of nitriles is 1. The molecule has 1 amide bonds. The quantitative estimate of drug-likeness (QED) is 0.800. The van der Waals surface area contributed by atoms with Crippen LogP contribution in [0.5, 0.6) is 0 Å². The third-order valence-electron chi connectivity index (χ3n) is 3.54. The molecule has 3 rings (SSSR count). The summed E-state index contributed by atoms with van der Waals surface area (Å²) in [5.74, 6) is 0.982. The van der Waals surface area contributed by atoms with Crippen LogP contribution in [0.2, 0.25) is 0 Å². The summed E-state index contributed by atoms with van der Waals surface area (Å²) in [5.41, 5.74) is 1.13. The van der Waals surface area contributed by atoms with Crippen LogP contribution < -0.4 is 5.32 Å². The van der Waals surface area contributed by atoms with E-state index in [9.17, 15) is 10.1 Å². The molecule has 1 N–H and O–H groups in total. The predicted molar refractivity (Wildman–Crippen MR) is 91.7 cm³/mol. The van der Waals surface area contributed by atoms with Crippen molar-refractivity contribution in [2.24, 2.45) is 5.92 Å². The number of aromatic nitrogens is 3. The van der Waals surface area contributed by atoms with Crippen molar-refractivity contribution >= 4 is 22.6 Å². The number of rotatable bonds is 4. The van der Waals surface area contributed by atoms with Crippen LogP contribution in [0.3, 0.4) is 0 Å². The molecule has 6 nitrogen and oxygen atoms in total. The van der Waals surface area contributed by atoms with E-state index in [4.69, 9.17) is 0 Å². The van der Waals surface area contributed by atoms with E-state index >= 15 is 0 Å². The second kappa shape index (κ2) is 6.50. The summed E-state index contributed by atoms with van der Waals surface area (Å²) in [4.78, 5) is 16.7. The molecule has 3 aromatic rings. The molecule has 0 fully saturated rings. The van der Waals surface area contributed by atoms with Gasteiger partial charge >= 0.3 is 0 Å². The van der Waals surface area contributed by atoms with Gasteiger partial charge in [0.1, 0.15) is 11.6 Å². The zero-order valence-electron chi connectivity index (χ0n) is 13.5. The van der Waals surface area contributed by atoms with Gasteiger partial charge in [-0.25, -0.2) is 4.98 Å². The Morgan fingerprint density at radius 2 is 2.08 bits per heavy atom. The molecule has 24 heavy (non-hydrogen) atoms. The van der Waals surface area contributed by atoms with Gasteiger partial charge in [-0.3, -0.25) is 4.79 Å². The van der Waals surface area contributed by atoms with Crippen LogP contribution in [0.4, 0.5) is 5.82 Å². The summed E-state index contributed by atoms with van der Waals surface area (Å²) in [5, 5.41) is 17.3. The Kier molecular flexibility index (Phi) is 4.25. The number of carbonyl (C=O) groups is 1. The maximum Gasteiger partial charge on any atom is 0.225 e. The van der Waals surface area contributed by atoms with Gasteiger partial charge in [0.25, 0.3) is 0 Å². The minimum Gasteiger partial charge on any atom is -0.309 e. The van der Waals surface area contributed by atoms with Crippen LogP contribution in [0.1, 0.15) is 25.8 Å². The Balaban J connectivity index is 2.02. The number of pyridine rings is 1. The first-order chi connectivity index (χ1) is 11.6. The van der Waals surface area contributed by atoms with Crippen molar-refractivity contribution in [3.05, 3.63) is 48.2 Å². The van der Waals surface area contributed by atoms with Gasteiger partial charge in [0.2, 0.25) is 5.91 Å². The van der Waals surface area contributed by atoms with Gasteiger partial charge in [-0.1, -0.05) is 32.0 Å². The molecule has 0 saturated heterocycles. The first kappa shape index (κ1) is 15.7. The molecule has 0 radical (unpaired) electrons. The molecular weight excluding hydrogens is 302 g/mol. The van der Waals surface area contributed by atoms with Gasteiger partial charge in [-0.2, -0.15) is 15.0 Å². The second-order valence-electron chi connectivity index (χ2n) is 5.94. The number of hydrogen-bond donors (Lipinski definition) is 1. The normalized spacial score (nSPS) is 10.8. The van der Waals surface area contributed by atoms with Crippen LogP contribution in [0.15, 0.2) is 42.6 Å². The number of para-hydroxylation sites is 1. The van der Waals surface area contributed by atoms with E-state index in [0.717, 1.165) is 10.9 Å². The summed E-state index contributed by atoms with van der Waals surface area (Å²) in [7, 11) is 0. The summed E-state index contributed by atoms with van der Waals surface area (Å²) in [6.07, 6.45) is 1.81. The summed E-state index contributed by atoms with van der Waals surface area (Å²) >= 11 is 0. The number of anilines is 1. The molecule has 0 bridgehead atoms. The Labute approximate surface area is 139 Å². The van der Waals surface area contributed by atoms with Gasteiger partial charge in [-0.05, 0) is 24.1 Å². The van der Waals surface area contributed by atoms with Crippen LogP contribution in [-0.2, 0) is 4.79 Å². The number of amides is 1. The first-order valence-corrected chi connectivity index (χ1v) is 7.72. The summed E-state index contributed by atoms with van der Waals surface area (Å²) in [6.45, 7) is 3.93. The van der Waals surface area contributed by atoms with E-state index in [0.29, 0.717) is 23.6 Å². The Morgan fingerprint density at radius 3 is 2.83 bits per heavy atom. The average molecular weight is 319 g/mol. The van der Waals surface area contributed by atoms with Crippen molar-refractivity contribution in [1.82, 2.24) is 14.8 Å². The zero-order chi connectivity index (χ0) is 17.1. The van der Waals surface area contributed by atoms with Crippen molar-refractivity contribution in [3.63, 3.8) is 0 Å². The fraction of sp³-hybridized carbons (Fsp3) is 0.222. The van der Waals surface area contributed by atoms with Crippen molar-refractivity contribution in [2.45, 2.75) is 20.3 Å². The molecule has 0 spiro atoms. The maximum atomic E-state index is 12.1. The summed E-state index contributed by atoms with van der Waals surface area (Å²) < 4.78 is 1.49. The highest BCUT2D eigenvalue weighted by Gasteiger charge is 2.16. The van der Waals surface area contributed by atoms with Crippen molar-refractivity contribution in [3.8, 4) is 11.9 Å². The van der Waals surface area contributed by atoms with E-state index in [2.05, 4.69) is 21.5 Å². The van der Waals surface area contributed by atoms with Crippen molar-refractivity contribution in [1.29, 1.82) is 5.26 Å². The molecule has 0 aliphatic carbocycles. The number of hydrogen-bond acceptors (Lipinski definition) is 4. The SMILES string of the molecule is CC(C)CC(=O)Nc1c(C#N)cnn1-c1ccc2ccccc2n1. The third kappa shape index (κ3) is 3.10. The number of carbonyl (C=O) groups excluding carboxylic acids is 1. The molecule has 0 atom stereocenters. The highest BCUT2D eigenvalue weighted by molar-refractivity contribution is 5.91. The Hall–Kier alpha value is -3.20. The molecule has 2 heterocycles. The monoisotopic (exact) mass is 319 g/mol. The van der Waals surface area contributed by atoms with E-state index in [-0.39, 0.29) is 11.8 Å². The number of nitrogens with one attached hydrogen (secondary N) is 1. The molecule has 2 aromatic heterocycles. The first-order valence-electron chi connectivity index (χ1n) is 7.72. The van der Waals surface area contributed by atoms with Gasteiger partial charge in [-0.15, -0.1) is 0 Å². The number of nitrogens with zero attached hydrogens (tertiary/aromatic N) is 4. The lowest BCUT2D eigenvalue weighted by atomic mass is 10.1. The Morgan fingerprint density at radius 1 is 1.29 bits per heavy atom. The van der Waals surface area contributed by atoms with Crippen LogP contribution in [0, 0.1) is 17.2 Å². The molecule has 6 heteroatoms. The molecule has 0 unspecified atom stereocenters. The van der Waals surface area contributed by atoms with Crippen LogP contribution >= 0.6 is 0 Å². The standard InChI is InChI=1S/C18H17N5O/c1-12(2)9-17(24)22-18-14(10-19)11-20-23(18)16-8-7-13-5-3-4-6-15(13)21-16/h3-8,11-12H,9H2,1-2H3,(H,22,24). The van der Waals surface area contributed by atoms with Crippen molar-refractivity contribution < 1.29 is 4.79 Å².